The van der Waals surface area contributed by atoms with E-state index in [2.05, 4.69) is 17.3 Å². The molecule has 0 spiro atoms. The molecule has 0 aromatic heterocycles. The zero-order chi connectivity index (χ0) is 15.2. The number of nitrogens with one attached hydrogen (secondary N) is 1. The van der Waals surface area contributed by atoms with Crippen molar-refractivity contribution in [3.05, 3.63) is 23.8 Å². The van der Waals surface area contributed by atoms with Gasteiger partial charge in [0.05, 0.1) is 25.1 Å². The smallest absolute Gasteiger partial charge is 0.413 e. The summed E-state index contributed by atoms with van der Waals surface area (Å²) >= 11 is 0. The normalized spacial score (nSPS) is 10.1. The number of nitriles is 1. The molecule has 1 N–H and O–H groups in total. The summed E-state index contributed by atoms with van der Waals surface area (Å²) in [5.74, 6) is 2.91. The van der Waals surface area contributed by atoms with Crippen LogP contribution in [-0.4, -0.2) is 19.7 Å². The van der Waals surface area contributed by atoms with Gasteiger partial charge in [-0.05, 0) is 31.5 Å². The summed E-state index contributed by atoms with van der Waals surface area (Å²) in [6.07, 6.45) is 4.37. The number of terminal acetylenes is 1. The lowest BCUT2D eigenvalue weighted by molar-refractivity contribution is 0.199. The van der Waals surface area contributed by atoms with Gasteiger partial charge in [0.2, 0.25) is 0 Å². The molecule has 1 amide bonds. The van der Waals surface area contributed by atoms with E-state index >= 15 is 0 Å². The van der Waals surface area contributed by atoms with Crippen LogP contribution in [0.15, 0.2) is 18.2 Å². The van der Waals surface area contributed by atoms with Gasteiger partial charge in [0.25, 0.3) is 0 Å². The van der Waals surface area contributed by atoms with Crippen LogP contribution in [0.5, 0.6) is 11.5 Å². The fraction of sp³-hybridized carbons (Fsp3) is 0.333. The summed E-state index contributed by atoms with van der Waals surface area (Å²) < 4.78 is 10.3. The van der Waals surface area contributed by atoms with Crippen LogP contribution in [0.25, 0.3) is 0 Å². The molecular weight excluding hydrogens is 256 g/mol. The molecular formula is C15H16N2O3. The molecule has 1 aromatic carbocycles. The van der Waals surface area contributed by atoms with Gasteiger partial charge in [0.15, 0.2) is 11.5 Å². The van der Waals surface area contributed by atoms with Crippen molar-refractivity contribution in [2.75, 3.05) is 13.7 Å². The van der Waals surface area contributed by atoms with Gasteiger partial charge in [-0.25, -0.2) is 4.79 Å². The van der Waals surface area contributed by atoms with Gasteiger partial charge in [-0.15, -0.1) is 6.42 Å². The number of hydrogen-bond donors (Lipinski definition) is 1. The van der Waals surface area contributed by atoms with E-state index < -0.39 is 11.5 Å². The summed E-state index contributed by atoms with van der Waals surface area (Å²) in [4.78, 5) is 11.4. The molecule has 0 aliphatic heterocycles. The predicted octanol–water partition coefficient (Wildman–Crippen LogP) is 2.22. The molecule has 0 radical (unpaired) electrons. The van der Waals surface area contributed by atoms with Gasteiger partial charge in [0.1, 0.15) is 0 Å². The average molecular weight is 272 g/mol. The van der Waals surface area contributed by atoms with Gasteiger partial charge < -0.3 is 14.8 Å². The molecule has 0 saturated heterocycles. The predicted molar refractivity (Wildman–Crippen MR) is 74.5 cm³/mol. The topological polar surface area (TPSA) is 71.3 Å². The van der Waals surface area contributed by atoms with Crippen LogP contribution in [0.2, 0.25) is 0 Å². The highest BCUT2D eigenvalue weighted by Crippen LogP contribution is 2.33. The van der Waals surface area contributed by atoms with Crippen molar-refractivity contribution >= 4 is 6.09 Å². The van der Waals surface area contributed by atoms with Gasteiger partial charge in [0, 0.05) is 0 Å². The number of nitrogens with zero attached hydrogens (tertiary/aromatic N) is 1. The molecule has 1 aromatic rings. The van der Waals surface area contributed by atoms with E-state index in [9.17, 15) is 4.79 Å². The van der Waals surface area contributed by atoms with E-state index in [-0.39, 0.29) is 12.3 Å². The maximum atomic E-state index is 11.4. The Balaban J connectivity index is 2.98. The molecule has 0 fully saturated rings. The van der Waals surface area contributed by atoms with Crippen LogP contribution in [0.1, 0.15) is 19.4 Å². The first-order valence-corrected chi connectivity index (χ1v) is 5.93. The molecule has 0 aliphatic rings. The summed E-state index contributed by atoms with van der Waals surface area (Å²) in [6.45, 7) is 3.67. The maximum absolute atomic E-state index is 11.4. The highest BCUT2D eigenvalue weighted by Gasteiger charge is 2.22. The van der Waals surface area contributed by atoms with E-state index in [1.807, 2.05) is 0 Å². The second kappa shape index (κ2) is 6.49. The first-order chi connectivity index (χ1) is 9.44. The largest absolute Gasteiger partial charge is 0.493 e. The van der Waals surface area contributed by atoms with Crippen LogP contribution >= 0.6 is 0 Å². The SMILES string of the molecule is C#CCNC(=O)Oc1ccc(C(C)(C)C#N)cc1OC. The molecule has 0 unspecified atom stereocenters. The Morgan fingerprint density at radius 2 is 2.15 bits per heavy atom. The molecule has 0 bridgehead atoms. The van der Waals surface area contributed by atoms with E-state index in [0.29, 0.717) is 5.75 Å². The van der Waals surface area contributed by atoms with E-state index in [0.717, 1.165) is 5.56 Å². The highest BCUT2D eigenvalue weighted by molar-refractivity contribution is 5.71. The van der Waals surface area contributed by atoms with Crippen molar-refractivity contribution < 1.29 is 14.3 Å². The van der Waals surface area contributed by atoms with Crippen molar-refractivity contribution in [1.82, 2.24) is 5.32 Å². The minimum atomic E-state index is -0.659. The molecule has 1 rings (SSSR count). The number of rotatable bonds is 4. The zero-order valence-corrected chi connectivity index (χ0v) is 11.7. The average Bonchev–Trinajstić information content (AvgIpc) is 2.45. The fourth-order valence-corrected chi connectivity index (χ4v) is 1.46. The summed E-state index contributed by atoms with van der Waals surface area (Å²) in [6, 6.07) is 7.18. The molecule has 0 saturated carbocycles. The van der Waals surface area contributed by atoms with Crippen LogP contribution in [0.4, 0.5) is 4.79 Å². The molecule has 20 heavy (non-hydrogen) atoms. The van der Waals surface area contributed by atoms with Gasteiger partial charge in [-0.3, -0.25) is 0 Å². The fourth-order valence-electron chi connectivity index (χ4n) is 1.46. The van der Waals surface area contributed by atoms with Gasteiger partial charge in [-0.2, -0.15) is 5.26 Å². The van der Waals surface area contributed by atoms with Crippen molar-refractivity contribution in [2.24, 2.45) is 0 Å². The molecule has 5 heteroatoms. The van der Waals surface area contributed by atoms with Crippen LogP contribution < -0.4 is 14.8 Å². The Morgan fingerprint density at radius 3 is 2.70 bits per heavy atom. The van der Waals surface area contributed by atoms with Crippen LogP contribution in [0.3, 0.4) is 0 Å². The van der Waals surface area contributed by atoms with E-state index in [1.165, 1.54) is 7.11 Å². The molecule has 0 aliphatic carbocycles. The Hall–Kier alpha value is -2.66. The second-order valence-corrected chi connectivity index (χ2v) is 4.55. The van der Waals surface area contributed by atoms with E-state index in [4.69, 9.17) is 21.2 Å². The van der Waals surface area contributed by atoms with Crippen molar-refractivity contribution in [3.8, 4) is 29.9 Å². The number of carbonyl (C=O) groups is 1. The monoisotopic (exact) mass is 272 g/mol. The first kappa shape index (κ1) is 15.4. The molecule has 0 atom stereocenters. The lowest BCUT2D eigenvalue weighted by atomic mass is 9.86. The number of ether oxygens (including phenoxy) is 2. The highest BCUT2D eigenvalue weighted by atomic mass is 16.6. The number of methoxy groups -OCH3 is 1. The minimum Gasteiger partial charge on any atom is -0.493 e. The third kappa shape index (κ3) is 3.66. The van der Waals surface area contributed by atoms with E-state index in [1.54, 1.807) is 32.0 Å². The number of hydrogen-bond acceptors (Lipinski definition) is 4. The Bertz CT molecular complexity index is 580. The van der Waals surface area contributed by atoms with Crippen LogP contribution in [0, 0.1) is 23.7 Å². The standard InChI is InChI=1S/C15H16N2O3/c1-5-8-17-14(18)20-12-7-6-11(9-13(12)19-4)15(2,3)10-16/h1,6-7,9H,8H2,2-4H3,(H,17,18). The number of benzene rings is 1. The third-order valence-corrected chi connectivity index (χ3v) is 2.70. The first-order valence-electron chi connectivity index (χ1n) is 5.93. The summed E-state index contributed by atoms with van der Waals surface area (Å²) in [7, 11) is 1.46. The quantitative estimate of drug-likeness (QED) is 0.853. The Labute approximate surface area is 118 Å². The minimum absolute atomic E-state index is 0.0840. The zero-order valence-electron chi connectivity index (χ0n) is 11.7. The maximum Gasteiger partial charge on any atom is 0.413 e. The third-order valence-electron chi connectivity index (χ3n) is 2.70. The summed E-state index contributed by atoms with van der Waals surface area (Å²) in [5.41, 5.74) is 0.116. The molecule has 5 nitrogen and oxygen atoms in total. The Kier molecular flexibility index (Phi) is 5.00. The van der Waals surface area contributed by atoms with Gasteiger partial charge >= 0.3 is 6.09 Å². The van der Waals surface area contributed by atoms with Crippen molar-refractivity contribution in [3.63, 3.8) is 0 Å². The number of carbonyl (C=O) groups excluding carboxylic acids is 1. The van der Waals surface area contributed by atoms with Gasteiger partial charge in [-0.1, -0.05) is 12.0 Å². The Morgan fingerprint density at radius 1 is 1.45 bits per heavy atom. The lowest BCUT2D eigenvalue weighted by Gasteiger charge is -2.18. The second-order valence-electron chi connectivity index (χ2n) is 4.55. The van der Waals surface area contributed by atoms with Crippen LogP contribution in [-0.2, 0) is 5.41 Å². The molecule has 0 heterocycles. The number of amides is 1. The molecule has 104 valence electrons. The van der Waals surface area contributed by atoms with Crippen molar-refractivity contribution in [2.45, 2.75) is 19.3 Å². The summed E-state index contributed by atoms with van der Waals surface area (Å²) in [5, 5.41) is 11.5. The lowest BCUT2D eigenvalue weighted by Crippen LogP contribution is -2.27. The van der Waals surface area contributed by atoms with Crippen molar-refractivity contribution in [1.29, 1.82) is 5.26 Å².